The quantitative estimate of drug-likeness (QED) is 0.776. The Kier molecular flexibility index (Phi) is 4.82. The molecule has 2 atom stereocenters. The molecule has 3 nitrogen and oxygen atoms in total. The van der Waals surface area contributed by atoms with Crippen molar-refractivity contribution in [2.24, 2.45) is 13.0 Å². The smallest absolute Gasteiger partial charge is 0.0521 e. The van der Waals surface area contributed by atoms with Crippen LogP contribution in [0.25, 0.3) is 0 Å². The van der Waals surface area contributed by atoms with Crippen molar-refractivity contribution in [3.63, 3.8) is 0 Å². The first-order chi connectivity index (χ1) is 7.17. The fraction of sp³-hybridized carbons (Fsp3) is 0.750. The Hall–Kier alpha value is -0.830. The lowest BCUT2D eigenvalue weighted by Gasteiger charge is -2.21. The van der Waals surface area contributed by atoms with Crippen molar-refractivity contribution in [1.29, 1.82) is 0 Å². The van der Waals surface area contributed by atoms with Crippen LogP contribution in [0.2, 0.25) is 0 Å². The summed E-state index contributed by atoms with van der Waals surface area (Å²) in [4.78, 5) is 0. The Morgan fingerprint density at radius 3 is 2.73 bits per heavy atom. The molecule has 0 aliphatic rings. The summed E-state index contributed by atoms with van der Waals surface area (Å²) >= 11 is 0. The lowest BCUT2D eigenvalue weighted by Crippen LogP contribution is -2.32. The summed E-state index contributed by atoms with van der Waals surface area (Å²) < 4.78 is 1.87. The summed E-state index contributed by atoms with van der Waals surface area (Å²) in [6, 6.07) is 0.621. The largest absolute Gasteiger partial charge is 0.317 e. The highest BCUT2D eigenvalue weighted by Crippen LogP contribution is 2.13. The van der Waals surface area contributed by atoms with Crippen LogP contribution in [-0.4, -0.2) is 22.9 Å². The molecule has 15 heavy (non-hydrogen) atoms. The highest BCUT2D eigenvalue weighted by molar-refractivity contribution is 5.04. The molecule has 0 aromatic carbocycles. The highest BCUT2D eigenvalue weighted by atomic mass is 15.2. The van der Waals surface area contributed by atoms with Crippen LogP contribution in [0.1, 0.15) is 32.3 Å². The van der Waals surface area contributed by atoms with Crippen LogP contribution in [0, 0.1) is 5.92 Å². The first kappa shape index (κ1) is 12.2. The number of nitrogens with one attached hydrogen (secondary N) is 1. The van der Waals surface area contributed by atoms with E-state index in [1.54, 1.807) is 0 Å². The zero-order valence-corrected chi connectivity index (χ0v) is 10.3. The minimum Gasteiger partial charge on any atom is -0.317 e. The molecule has 1 N–H and O–H groups in total. The van der Waals surface area contributed by atoms with Crippen molar-refractivity contribution in [2.45, 2.75) is 39.2 Å². The molecule has 0 amide bonds. The molecule has 0 aliphatic carbocycles. The second kappa shape index (κ2) is 5.91. The van der Waals surface area contributed by atoms with E-state index in [0.29, 0.717) is 6.04 Å². The highest BCUT2D eigenvalue weighted by Gasteiger charge is 2.13. The van der Waals surface area contributed by atoms with E-state index in [1.807, 2.05) is 17.9 Å². The van der Waals surface area contributed by atoms with E-state index in [-0.39, 0.29) is 0 Å². The number of aryl methyl sites for hydroxylation is 2. The van der Waals surface area contributed by atoms with Crippen molar-refractivity contribution < 1.29 is 0 Å². The van der Waals surface area contributed by atoms with Gasteiger partial charge in [0.1, 0.15) is 0 Å². The molecule has 0 saturated heterocycles. The van der Waals surface area contributed by atoms with Crippen LogP contribution in [0.5, 0.6) is 0 Å². The molecule has 0 radical (unpaired) electrons. The van der Waals surface area contributed by atoms with Gasteiger partial charge in [-0.3, -0.25) is 4.68 Å². The maximum absolute atomic E-state index is 4.18. The van der Waals surface area contributed by atoms with Gasteiger partial charge >= 0.3 is 0 Å². The molecule has 3 heteroatoms. The summed E-state index contributed by atoms with van der Waals surface area (Å²) in [7, 11) is 4.02. The van der Waals surface area contributed by atoms with Gasteiger partial charge in [-0.05, 0) is 31.4 Å². The molecule has 2 unspecified atom stereocenters. The van der Waals surface area contributed by atoms with Crippen molar-refractivity contribution in [3.8, 4) is 0 Å². The summed E-state index contributed by atoms with van der Waals surface area (Å²) in [5, 5.41) is 7.58. The number of hydrogen-bond donors (Lipinski definition) is 1. The molecule has 1 aromatic rings. The number of rotatable bonds is 6. The van der Waals surface area contributed by atoms with Gasteiger partial charge in [0, 0.05) is 19.3 Å². The predicted molar refractivity (Wildman–Crippen MR) is 63.8 cm³/mol. The third-order valence-corrected chi connectivity index (χ3v) is 3.20. The molecule has 86 valence electrons. The Bertz CT molecular complexity index is 280. The third-order valence-electron chi connectivity index (χ3n) is 3.20. The van der Waals surface area contributed by atoms with Gasteiger partial charge in [-0.25, -0.2) is 0 Å². The van der Waals surface area contributed by atoms with E-state index in [2.05, 4.69) is 37.5 Å². The molecule has 1 rings (SSSR count). The summed E-state index contributed by atoms with van der Waals surface area (Å²) in [5.74, 6) is 0.742. The molecule has 1 heterocycles. The van der Waals surface area contributed by atoms with Gasteiger partial charge < -0.3 is 5.32 Å². The monoisotopic (exact) mass is 209 g/mol. The fourth-order valence-corrected chi connectivity index (χ4v) is 1.92. The average Bonchev–Trinajstić information content (AvgIpc) is 2.64. The topological polar surface area (TPSA) is 29.9 Å². The van der Waals surface area contributed by atoms with Crippen LogP contribution in [0.4, 0.5) is 0 Å². The predicted octanol–water partition coefficient (Wildman–Crippen LogP) is 1.99. The number of aromatic nitrogens is 2. The van der Waals surface area contributed by atoms with Crippen molar-refractivity contribution >= 4 is 0 Å². The molecule has 0 spiro atoms. The average molecular weight is 209 g/mol. The van der Waals surface area contributed by atoms with E-state index in [0.717, 1.165) is 12.3 Å². The van der Waals surface area contributed by atoms with Gasteiger partial charge in [-0.15, -0.1) is 0 Å². The first-order valence-corrected chi connectivity index (χ1v) is 5.82. The van der Waals surface area contributed by atoms with Crippen LogP contribution in [0.15, 0.2) is 12.4 Å². The standard InChI is InChI=1S/C12H23N3/c1-5-10(2)12(13-3)7-6-11-8-14-15(4)9-11/h8-10,12-13H,5-7H2,1-4H3. The Morgan fingerprint density at radius 2 is 2.27 bits per heavy atom. The number of nitrogens with zero attached hydrogens (tertiary/aromatic N) is 2. The molecule has 0 saturated carbocycles. The van der Waals surface area contributed by atoms with Gasteiger partial charge in [-0.1, -0.05) is 20.3 Å². The van der Waals surface area contributed by atoms with Crippen molar-refractivity contribution in [3.05, 3.63) is 18.0 Å². The van der Waals surface area contributed by atoms with Gasteiger partial charge in [0.15, 0.2) is 0 Å². The summed E-state index contributed by atoms with van der Waals surface area (Å²) in [5.41, 5.74) is 1.33. The minimum atomic E-state index is 0.621. The third kappa shape index (κ3) is 3.67. The molecular weight excluding hydrogens is 186 g/mol. The lowest BCUT2D eigenvalue weighted by molar-refractivity contribution is 0.368. The summed E-state index contributed by atoms with van der Waals surface area (Å²) in [6.07, 6.45) is 7.60. The zero-order chi connectivity index (χ0) is 11.3. The second-order valence-electron chi connectivity index (χ2n) is 4.34. The van der Waals surface area contributed by atoms with E-state index in [4.69, 9.17) is 0 Å². The Balaban J connectivity index is 2.40. The van der Waals surface area contributed by atoms with Gasteiger partial charge in [0.05, 0.1) is 6.20 Å². The normalized spacial score (nSPS) is 15.2. The van der Waals surface area contributed by atoms with Crippen LogP contribution < -0.4 is 5.32 Å². The summed E-state index contributed by atoms with van der Waals surface area (Å²) in [6.45, 7) is 4.56. The van der Waals surface area contributed by atoms with E-state index in [9.17, 15) is 0 Å². The minimum absolute atomic E-state index is 0.621. The Labute approximate surface area is 92.9 Å². The maximum atomic E-state index is 4.18. The van der Waals surface area contributed by atoms with E-state index in [1.165, 1.54) is 18.4 Å². The maximum Gasteiger partial charge on any atom is 0.0521 e. The van der Waals surface area contributed by atoms with E-state index >= 15 is 0 Å². The molecule has 0 aliphatic heterocycles. The van der Waals surface area contributed by atoms with Crippen molar-refractivity contribution in [1.82, 2.24) is 15.1 Å². The van der Waals surface area contributed by atoms with Gasteiger partial charge in [0.25, 0.3) is 0 Å². The molecular formula is C12H23N3. The van der Waals surface area contributed by atoms with Crippen LogP contribution >= 0.6 is 0 Å². The Morgan fingerprint density at radius 1 is 1.53 bits per heavy atom. The lowest BCUT2D eigenvalue weighted by atomic mass is 9.94. The van der Waals surface area contributed by atoms with Gasteiger partial charge in [0.2, 0.25) is 0 Å². The van der Waals surface area contributed by atoms with Crippen molar-refractivity contribution in [2.75, 3.05) is 7.05 Å². The second-order valence-corrected chi connectivity index (χ2v) is 4.34. The van der Waals surface area contributed by atoms with Crippen LogP contribution in [0.3, 0.4) is 0 Å². The molecule has 0 bridgehead atoms. The zero-order valence-electron chi connectivity index (χ0n) is 10.3. The molecule has 1 aromatic heterocycles. The molecule has 0 fully saturated rings. The van der Waals surface area contributed by atoms with Gasteiger partial charge in [-0.2, -0.15) is 5.10 Å². The van der Waals surface area contributed by atoms with Crippen LogP contribution in [-0.2, 0) is 13.5 Å². The fourth-order valence-electron chi connectivity index (χ4n) is 1.92. The van der Waals surface area contributed by atoms with E-state index < -0.39 is 0 Å². The number of hydrogen-bond acceptors (Lipinski definition) is 2. The SMILES string of the molecule is CCC(C)C(CCc1cnn(C)c1)NC. The first-order valence-electron chi connectivity index (χ1n) is 5.82.